The molecule has 0 unspecified atom stereocenters. The number of aromatic hydroxyl groups is 2. The molecule has 0 fully saturated rings. The maximum atomic E-state index is 12.7. The summed E-state index contributed by atoms with van der Waals surface area (Å²) in [5.41, 5.74) is 1.83. The van der Waals surface area contributed by atoms with Gasteiger partial charge in [-0.1, -0.05) is 31.2 Å². The van der Waals surface area contributed by atoms with Gasteiger partial charge in [-0.25, -0.2) is 0 Å². The van der Waals surface area contributed by atoms with E-state index in [4.69, 9.17) is 0 Å². The molecule has 0 spiro atoms. The number of hydrogen-bond acceptors (Lipinski definition) is 4. The number of phenolic OH excluding ortho intramolecular Hbond substituents is 2. The van der Waals surface area contributed by atoms with E-state index in [1.54, 1.807) is 23.1 Å². The molecule has 1 amide bonds. The van der Waals surface area contributed by atoms with Gasteiger partial charge in [0, 0.05) is 17.8 Å². The number of anilines is 1. The van der Waals surface area contributed by atoms with E-state index >= 15 is 0 Å². The van der Waals surface area contributed by atoms with E-state index in [1.165, 1.54) is 6.07 Å². The SMILES string of the molecule is CCCN1C(=O)c2ccccc2N[C@H]1c1cccc(O)c1O. The molecule has 1 aliphatic heterocycles. The van der Waals surface area contributed by atoms with Crippen LogP contribution in [-0.2, 0) is 0 Å². The van der Waals surface area contributed by atoms with E-state index in [9.17, 15) is 15.0 Å². The zero-order valence-corrected chi connectivity index (χ0v) is 12.3. The Hall–Kier alpha value is -2.69. The lowest BCUT2D eigenvalue weighted by molar-refractivity contribution is 0.0681. The standard InChI is InChI=1S/C17H18N2O3/c1-2-10-19-16(12-7-5-9-14(20)15(12)21)18-13-8-4-3-6-11(13)17(19)22/h3-9,16,18,20-21H,2,10H2,1H3/t16-/m1/s1. The van der Waals surface area contributed by atoms with Crippen LogP contribution >= 0.6 is 0 Å². The monoisotopic (exact) mass is 298 g/mol. The number of amides is 1. The molecule has 0 aromatic heterocycles. The van der Waals surface area contributed by atoms with E-state index in [-0.39, 0.29) is 17.4 Å². The van der Waals surface area contributed by atoms with Gasteiger partial charge in [0.05, 0.1) is 5.56 Å². The Morgan fingerprint density at radius 3 is 2.68 bits per heavy atom. The maximum absolute atomic E-state index is 12.7. The van der Waals surface area contributed by atoms with Crippen molar-refractivity contribution in [3.63, 3.8) is 0 Å². The number of nitrogens with zero attached hydrogens (tertiary/aromatic N) is 1. The fourth-order valence-corrected chi connectivity index (χ4v) is 2.78. The third kappa shape index (κ3) is 2.24. The number of para-hydroxylation sites is 2. The Kier molecular flexibility index (Phi) is 3.63. The molecule has 3 N–H and O–H groups in total. The van der Waals surface area contributed by atoms with Crippen LogP contribution in [0.2, 0.25) is 0 Å². The number of rotatable bonds is 3. The summed E-state index contributed by atoms with van der Waals surface area (Å²) < 4.78 is 0. The van der Waals surface area contributed by atoms with Crippen LogP contribution in [0.3, 0.4) is 0 Å². The lowest BCUT2D eigenvalue weighted by atomic mass is 10.0. The summed E-state index contributed by atoms with van der Waals surface area (Å²) in [6, 6.07) is 12.1. The van der Waals surface area contributed by atoms with Gasteiger partial charge in [0.25, 0.3) is 5.91 Å². The molecule has 0 bridgehead atoms. The van der Waals surface area contributed by atoms with Gasteiger partial charge in [0.2, 0.25) is 0 Å². The van der Waals surface area contributed by atoms with Crippen LogP contribution in [-0.4, -0.2) is 27.6 Å². The Morgan fingerprint density at radius 1 is 1.14 bits per heavy atom. The van der Waals surface area contributed by atoms with Crippen molar-refractivity contribution in [2.45, 2.75) is 19.5 Å². The minimum Gasteiger partial charge on any atom is -0.504 e. The largest absolute Gasteiger partial charge is 0.504 e. The summed E-state index contributed by atoms with van der Waals surface area (Å²) in [5.74, 6) is -0.473. The average molecular weight is 298 g/mol. The molecule has 0 aliphatic carbocycles. The van der Waals surface area contributed by atoms with Gasteiger partial charge in [-0.15, -0.1) is 0 Å². The highest BCUT2D eigenvalue weighted by Crippen LogP contribution is 2.39. The first kappa shape index (κ1) is 14.3. The van der Waals surface area contributed by atoms with Crippen LogP contribution in [0.4, 0.5) is 5.69 Å². The molecule has 2 aromatic rings. The van der Waals surface area contributed by atoms with Gasteiger partial charge in [-0.2, -0.15) is 0 Å². The molecule has 1 aliphatic rings. The van der Waals surface area contributed by atoms with E-state index in [2.05, 4.69) is 5.32 Å². The number of fused-ring (bicyclic) bond motifs is 1. The summed E-state index contributed by atoms with van der Waals surface area (Å²) in [5, 5.41) is 23.1. The molecule has 2 aromatic carbocycles. The second kappa shape index (κ2) is 5.60. The number of phenols is 2. The van der Waals surface area contributed by atoms with Crippen molar-refractivity contribution in [2.75, 3.05) is 11.9 Å². The summed E-state index contributed by atoms with van der Waals surface area (Å²) in [6.45, 7) is 2.55. The molecule has 1 heterocycles. The predicted molar refractivity (Wildman–Crippen MR) is 83.9 cm³/mol. The van der Waals surface area contributed by atoms with Crippen LogP contribution in [0.25, 0.3) is 0 Å². The predicted octanol–water partition coefficient (Wildman–Crippen LogP) is 3.07. The van der Waals surface area contributed by atoms with Crippen molar-refractivity contribution in [2.24, 2.45) is 0 Å². The first-order valence-corrected chi connectivity index (χ1v) is 7.31. The van der Waals surface area contributed by atoms with Crippen molar-refractivity contribution in [1.29, 1.82) is 0 Å². The first-order chi connectivity index (χ1) is 10.6. The van der Waals surface area contributed by atoms with E-state index < -0.39 is 6.17 Å². The van der Waals surface area contributed by atoms with Gasteiger partial charge >= 0.3 is 0 Å². The van der Waals surface area contributed by atoms with Gasteiger partial charge in [0.1, 0.15) is 6.17 Å². The van der Waals surface area contributed by atoms with E-state index in [1.807, 2.05) is 25.1 Å². The zero-order chi connectivity index (χ0) is 15.7. The van der Waals surface area contributed by atoms with E-state index in [0.29, 0.717) is 17.7 Å². The summed E-state index contributed by atoms with van der Waals surface area (Å²) in [4.78, 5) is 14.4. The molecular formula is C17H18N2O3. The van der Waals surface area contributed by atoms with Crippen molar-refractivity contribution >= 4 is 11.6 Å². The van der Waals surface area contributed by atoms with Crippen molar-refractivity contribution < 1.29 is 15.0 Å². The van der Waals surface area contributed by atoms with Gasteiger partial charge < -0.3 is 20.4 Å². The summed E-state index contributed by atoms with van der Waals surface area (Å²) in [6.07, 6.45) is 0.292. The molecule has 0 saturated carbocycles. The fourth-order valence-electron chi connectivity index (χ4n) is 2.78. The normalized spacial score (nSPS) is 17.0. The molecule has 114 valence electrons. The van der Waals surface area contributed by atoms with Crippen LogP contribution in [0.1, 0.15) is 35.4 Å². The fraction of sp³-hybridized carbons (Fsp3) is 0.235. The molecule has 0 radical (unpaired) electrons. The van der Waals surface area contributed by atoms with Crippen LogP contribution in [0.5, 0.6) is 11.5 Å². The van der Waals surface area contributed by atoms with Gasteiger partial charge in [-0.05, 0) is 24.6 Å². The maximum Gasteiger partial charge on any atom is 0.257 e. The minimum atomic E-state index is -0.505. The Balaban J connectivity index is 2.09. The van der Waals surface area contributed by atoms with Gasteiger partial charge in [0.15, 0.2) is 11.5 Å². The zero-order valence-electron chi connectivity index (χ0n) is 12.3. The van der Waals surface area contributed by atoms with Crippen LogP contribution < -0.4 is 5.32 Å². The third-order valence-electron chi connectivity index (χ3n) is 3.83. The molecule has 0 saturated heterocycles. The minimum absolute atomic E-state index is 0.0797. The third-order valence-corrected chi connectivity index (χ3v) is 3.83. The molecule has 1 atom stereocenters. The molecule has 5 nitrogen and oxygen atoms in total. The molecule has 5 heteroatoms. The number of benzene rings is 2. The summed E-state index contributed by atoms with van der Waals surface area (Å²) >= 11 is 0. The smallest absolute Gasteiger partial charge is 0.257 e. The number of carbonyl (C=O) groups excluding carboxylic acids is 1. The number of nitrogens with one attached hydrogen (secondary N) is 1. The Bertz CT molecular complexity index is 715. The van der Waals surface area contributed by atoms with Crippen LogP contribution in [0.15, 0.2) is 42.5 Å². The molecule has 22 heavy (non-hydrogen) atoms. The van der Waals surface area contributed by atoms with Gasteiger partial charge in [-0.3, -0.25) is 4.79 Å². The topological polar surface area (TPSA) is 72.8 Å². The highest BCUT2D eigenvalue weighted by atomic mass is 16.3. The number of hydrogen-bond donors (Lipinski definition) is 3. The van der Waals surface area contributed by atoms with Crippen molar-refractivity contribution in [3.8, 4) is 11.5 Å². The molecular weight excluding hydrogens is 280 g/mol. The highest BCUT2D eigenvalue weighted by molar-refractivity contribution is 6.01. The highest BCUT2D eigenvalue weighted by Gasteiger charge is 2.33. The Labute approximate surface area is 128 Å². The second-order valence-corrected chi connectivity index (χ2v) is 5.31. The van der Waals surface area contributed by atoms with E-state index in [0.717, 1.165) is 12.1 Å². The molecule has 3 rings (SSSR count). The second-order valence-electron chi connectivity index (χ2n) is 5.31. The lowest BCUT2D eigenvalue weighted by Gasteiger charge is -2.38. The van der Waals surface area contributed by atoms with Crippen molar-refractivity contribution in [3.05, 3.63) is 53.6 Å². The Morgan fingerprint density at radius 2 is 1.91 bits per heavy atom. The lowest BCUT2D eigenvalue weighted by Crippen LogP contribution is -2.43. The number of carbonyl (C=O) groups is 1. The van der Waals surface area contributed by atoms with Crippen molar-refractivity contribution in [1.82, 2.24) is 4.90 Å². The average Bonchev–Trinajstić information content (AvgIpc) is 2.53. The first-order valence-electron chi connectivity index (χ1n) is 7.31. The summed E-state index contributed by atoms with van der Waals surface area (Å²) in [7, 11) is 0. The van der Waals surface area contributed by atoms with Crippen LogP contribution in [0, 0.1) is 0 Å². The quantitative estimate of drug-likeness (QED) is 0.761.